The van der Waals surface area contributed by atoms with Crippen LogP contribution in [0, 0.1) is 5.41 Å². The van der Waals surface area contributed by atoms with Gasteiger partial charge in [0.05, 0.1) is 0 Å². The van der Waals surface area contributed by atoms with Crippen LogP contribution in [0.15, 0.2) is 11.8 Å². The van der Waals surface area contributed by atoms with Crippen molar-refractivity contribution in [1.82, 2.24) is 0 Å². The highest BCUT2D eigenvalue weighted by Crippen LogP contribution is 1.90. The molecule has 0 aliphatic heterocycles. The molecular formula is C4H7BrN2. The van der Waals surface area contributed by atoms with Gasteiger partial charge in [-0.25, -0.2) is 0 Å². The maximum absolute atomic E-state index is 6.66. The summed E-state index contributed by atoms with van der Waals surface area (Å²) in [5, 5.41) is 7.32. The monoisotopic (exact) mass is 162 g/mol. The molecule has 0 aromatic rings. The van der Waals surface area contributed by atoms with Crippen LogP contribution in [-0.2, 0) is 0 Å². The summed E-state index contributed by atoms with van der Waals surface area (Å²) in [6.45, 7) is 0. The Kier molecular flexibility index (Phi) is 3.69. The quantitative estimate of drug-likeness (QED) is 0.460. The average molecular weight is 163 g/mol. The molecule has 0 aliphatic rings. The number of allylic oxidation sites excluding steroid dienone is 1. The second kappa shape index (κ2) is 3.87. The van der Waals surface area contributed by atoms with E-state index in [1.165, 1.54) is 12.4 Å². The van der Waals surface area contributed by atoms with Crippen LogP contribution >= 0.6 is 15.9 Å². The summed E-state index contributed by atoms with van der Waals surface area (Å²) in [7, 11) is 0. The molecule has 3 heteroatoms. The molecule has 0 saturated heterocycles. The molecule has 0 bridgehead atoms. The molecule has 0 aliphatic carbocycles. The Labute approximate surface area is 51.0 Å². The zero-order chi connectivity index (χ0) is 5.70. The van der Waals surface area contributed by atoms with Crippen LogP contribution in [0.1, 0.15) is 0 Å². The van der Waals surface area contributed by atoms with Gasteiger partial charge in [-0.3, -0.25) is 0 Å². The van der Waals surface area contributed by atoms with Crippen molar-refractivity contribution < 1.29 is 0 Å². The third kappa shape index (κ3) is 2.39. The first kappa shape index (κ1) is 6.69. The Hall–Kier alpha value is -0.310. The smallest absolute Gasteiger partial charge is 0.0312 e. The first-order valence-electron chi connectivity index (χ1n) is 1.82. The largest absolute Gasteiger partial charge is 0.404 e. The lowest BCUT2D eigenvalue weighted by Gasteiger charge is -1.85. The van der Waals surface area contributed by atoms with Gasteiger partial charge in [0.25, 0.3) is 0 Å². The van der Waals surface area contributed by atoms with Gasteiger partial charge < -0.3 is 11.1 Å². The first-order valence-corrected chi connectivity index (χ1v) is 2.94. The SMILES string of the molecule is N=C/C(=C\N)CBr. The number of alkyl halides is 1. The van der Waals surface area contributed by atoms with E-state index in [2.05, 4.69) is 15.9 Å². The summed E-state index contributed by atoms with van der Waals surface area (Å²) in [6.07, 6.45) is 2.62. The van der Waals surface area contributed by atoms with E-state index < -0.39 is 0 Å². The molecule has 0 amide bonds. The van der Waals surface area contributed by atoms with E-state index in [-0.39, 0.29) is 0 Å². The Morgan fingerprint density at radius 2 is 2.43 bits per heavy atom. The second-order valence-corrected chi connectivity index (χ2v) is 1.58. The van der Waals surface area contributed by atoms with Crippen LogP contribution in [0.4, 0.5) is 0 Å². The lowest BCUT2D eigenvalue weighted by Crippen LogP contribution is -1.89. The van der Waals surface area contributed by atoms with Gasteiger partial charge in [-0.05, 0) is 11.8 Å². The number of halogens is 1. The molecule has 0 spiro atoms. The highest BCUT2D eigenvalue weighted by atomic mass is 79.9. The Morgan fingerprint density at radius 3 is 2.43 bits per heavy atom. The third-order valence-electron chi connectivity index (χ3n) is 0.554. The van der Waals surface area contributed by atoms with Crippen molar-refractivity contribution in [2.75, 3.05) is 5.33 Å². The molecule has 0 rings (SSSR count). The summed E-state index contributed by atoms with van der Waals surface area (Å²) >= 11 is 3.14. The number of hydrogen-bond donors (Lipinski definition) is 2. The Balaban J connectivity index is 3.60. The normalized spacial score (nSPS) is 11.3. The van der Waals surface area contributed by atoms with Crippen molar-refractivity contribution in [2.45, 2.75) is 0 Å². The zero-order valence-corrected chi connectivity index (χ0v) is 5.40. The summed E-state index contributed by atoms with van der Waals surface area (Å²) in [5.74, 6) is 0. The van der Waals surface area contributed by atoms with E-state index in [4.69, 9.17) is 11.1 Å². The van der Waals surface area contributed by atoms with E-state index in [9.17, 15) is 0 Å². The van der Waals surface area contributed by atoms with Gasteiger partial charge in [0, 0.05) is 11.5 Å². The van der Waals surface area contributed by atoms with Gasteiger partial charge in [0.1, 0.15) is 0 Å². The van der Waals surface area contributed by atoms with Crippen molar-refractivity contribution in [1.29, 1.82) is 5.41 Å². The molecule has 0 atom stereocenters. The van der Waals surface area contributed by atoms with Gasteiger partial charge in [0.2, 0.25) is 0 Å². The lowest BCUT2D eigenvalue weighted by atomic mass is 10.4. The summed E-state index contributed by atoms with van der Waals surface area (Å²) in [6, 6.07) is 0. The Morgan fingerprint density at radius 1 is 1.86 bits per heavy atom. The molecule has 0 saturated carbocycles. The van der Waals surface area contributed by atoms with Gasteiger partial charge in [-0.1, -0.05) is 15.9 Å². The lowest BCUT2D eigenvalue weighted by molar-refractivity contribution is 1.47. The minimum atomic E-state index is 0.660. The van der Waals surface area contributed by atoms with Crippen molar-refractivity contribution >= 4 is 22.1 Å². The summed E-state index contributed by atoms with van der Waals surface area (Å²) in [4.78, 5) is 0. The van der Waals surface area contributed by atoms with E-state index >= 15 is 0 Å². The maximum atomic E-state index is 6.66. The standard InChI is InChI=1S/C4H7BrN2/c5-1-4(2-6)3-7/h2-3,6H,1,7H2/b4-3-,6-2?. The van der Waals surface area contributed by atoms with Crippen molar-refractivity contribution in [3.63, 3.8) is 0 Å². The third-order valence-corrected chi connectivity index (χ3v) is 1.20. The average Bonchev–Trinajstić information content (AvgIpc) is 1.72. The van der Waals surface area contributed by atoms with Crippen molar-refractivity contribution in [2.24, 2.45) is 5.73 Å². The fraction of sp³-hybridized carbons (Fsp3) is 0.250. The predicted octanol–water partition coefficient (Wildman–Crippen LogP) is 0.873. The summed E-state index contributed by atoms with van der Waals surface area (Å²) < 4.78 is 0. The van der Waals surface area contributed by atoms with Crippen molar-refractivity contribution in [3.8, 4) is 0 Å². The molecule has 0 radical (unpaired) electrons. The number of nitrogens with one attached hydrogen (secondary N) is 1. The molecule has 0 unspecified atom stereocenters. The van der Waals surface area contributed by atoms with E-state index in [0.29, 0.717) is 5.33 Å². The minimum absolute atomic E-state index is 0.660. The number of rotatable bonds is 2. The first-order chi connectivity index (χ1) is 3.35. The van der Waals surface area contributed by atoms with Crippen LogP contribution in [0.5, 0.6) is 0 Å². The van der Waals surface area contributed by atoms with Crippen LogP contribution in [-0.4, -0.2) is 11.5 Å². The highest BCUT2D eigenvalue weighted by Gasteiger charge is 1.81. The fourth-order valence-corrected chi connectivity index (χ4v) is 0.480. The molecule has 0 aromatic heterocycles. The molecule has 3 N–H and O–H groups in total. The molecule has 40 valence electrons. The summed E-state index contributed by atoms with van der Waals surface area (Å²) in [5.41, 5.74) is 5.84. The molecule has 0 fully saturated rings. The Bertz CT molecular complexity index is 87.7. The van der Waals surface area contributed by atoms with Crippen LogP contribution < -0.4 is 5.73 Å². The van der Waals surface area contributed by atoms with Gasteiger partial charge in [-0.2, -0.15) is 0 Å². The predicted molar refractivity (Wildman–Crippen MR) is 34.8 cm³/mol. The van der Waals surface area contributed by atoms with Crippen LogP contribution in [0.3, 0.4) is 0 Å². The van der Waals surface area contributed by atoms with Crippen molar-refractivity contribution in [3.05, 3.63) is 11.8 Å². The highest BCUT2D eigenvalue weighted by molar-refractivity contribution is 9.09. The molecule has 7 heavy (non-hydrogen) atoms. The topological polar surface area (TPSA) is 49.9 Å². The molecule has 2 nitrogen and oxygen atoms in total. The van der Waals surface area contributed by atoms with E-state index in [1.807, 2.05) is 0 Å². The maximum Gasteiger partial charge on any atom is 0.0312 e. The number of nitrogens with two attached hydrogens (primary N) is 1. The fourth-order valence-electron chi connectivity index (χ4n) is 0.131. The van der Waals surface area contributed by atoms with Gasteiger partial charge >= 0.3 is 0 Å². The molecule has 0 heterocycles. The van der Waals surface area contributed by atoms with Gasteiger partial charge in [-0.15, -0.1) is 0 Å². The van der Waals surface area contributed by atoms with Gasteiger partial charge in [0.15, 0.2) is 0 Å². The molecular weight excluding hydrogens is 156 g/mol. The number of hydrogen-bond acceptors (Lipinski definition) is 2. The zero-order valence-electron chi connectivity index (χ0n) is 3.82. The molecule has 0 aromatic carbocycles. The van der Waals surface area contributed by atoms with E-state index in [0.717, 1.165) is 5.57 Å². The van der Waals surface area contributed by atoms with Crippen LogP contribution in [0.25, 0.3) is 0 Å². The van der Waals surface area contributed by atoms with Crippen LogP contribution in [0.2, 0.25) is 0 Å². The minimum Gasteiger partial charge on any atom is -0.404 e. The second-order valence-electron chi connectivity index (χ2n) is 1.02. The van der Waals surface area contributed by atoms with E-state index in [1.54, 1.807) is 0 Å².